The second-order valence-electron chi connectivity index (χ2n) is 7.40. The third-order valence-electron chi connectivity index (χ3n) is 5.09. The van der Waals surface area contributed by atoms with Crippen LogP contribution in [0.5, 0.6) is 0 Å². The van der Waals surface area contributed by atoms with Crippen LogP contribution in [-0.2, 0) is 20.1 Å². The highest BCUT2D eigenvalue weighted by Gasteiger charge is 2.07. The fourth-order valence-corrected chi connectivity index (χ4v) is 3.16. The lowest BCUT2D eigenvalue weighted by molar-refractivity contribution is 0.697. The number of aliphatic imine (C=N–C) groups is 1. The molecule has 0 saturated heterocycles. The van der Waals surface area contributed by atoms with Crippen molar-refractivity contribution in [3.8, 4) is 0 Å². The predicted octanol–water partition coefficient (Wildman–Crippen LogP) is 3.54. The Balaban J connectivity index is 1.55. The molecule has 3 aromatic rings. The fourth-order valence-electron chi connectivity index (χ4n) is 3.04. The van der Waals surface area contributed by atoms with E-state index in [2.05, 4.69) is 57.0 Å². The number of halogens is 1. The first kappa shape index (κ1) is 22.6. The third kappa shape index (κ3) is 7.00. The molecule has 0 aliphatic carbocycles. The minimum absolute atomic E-state index is 0.549. The largest absolute Gasteiger partial charge is 0.375 e. The zero-order valence-electron chi connectivity index (χ0n) is 18.3. The standard InChI is InChI=1S/C23H30ClN7/c1-18-28-29-22(31(18)3)17-27-23(26-16-19-10-12-20(24)13-11-19)25-14-7-15-30(2)21-8-5-4-6-9-21/h4-6,8-13H,7,14-17H2,1-3H3,(H2,25,26,27). The Kier molecular flexibility index (Phi) is 8.29. The van der Waals surface area contributed by atoms with Crippen molar-refractivity contribution in [2.24, 2.45) is 12.0 Å². The van der Waals surface area contributed by atoms with E-state index >= 15 is 0 Å². The van der Waals surface area contributed by atoms with Crippen molar-refractivity contribution in [1.82, 2.24) is 25.4 Å². The van der Waals surface area contributed by atoms with Gasteiger partial charge in [-0.05, 0) is 43.2 Å². The lowest BCUT2D eigenvalue weighted by Gasteiger charge is -2.19. The van der Waals surface area contributed by atoms with Crippen molar-refractivity contribution in [2.45, 2.75) is 26.4 Å². The normalized spacial score (nSPS) is 11.4. The molecule has 31 heavy (non-hydrogen) atoms. The van der Waals surface area contributed by atoms with E-state index < -0.39 is 0 Å². The molecule has 0 amide bonds. The number of guanidine groups is 1. The predicted molar refractivity (Wildman–Crippen MR) is 128 cm³/mol. The van der Waals surface area contributed by atoms with Gasteiger partial charge in [0.1, 0.15) is 5.82 Å². The number of hydrogen-bond acceptors (Lipinski definition) is 4. The SMILES string of the molecule is Cc1nnc(CNC(=NCc2ccc(Cl)cc2)NCCCN(C)c2ccccc2)n1C. The number of benzene rings is 2. The second-order valence-corrected chi connectivity index (χ2v) is 7.84. The molecule has 0 aliphatic rings. The summed E-state index contributed by atoms with van der Waals surface area (Å²) in [6, 6.07) is 18.1. The number of nitrogens with one attached hydrogen (secondary N) is 2. The molecular weight excluding hydrogens is 410 g/mol. The van der Waals surface area contributed by atoms with E-state index in [1.807, 2.05) is 48.9 Å². The van der Waals surface area contributed by atoms with Crippen LogP contribution in [-0.4, -0.2) is 40.9 Å². The minimum Gasteiger partial charge on any atom is -0.375 e. The van der Waals surface area contributed by atoms with Gasteiger partial charge in [-0.1, -0.05) is 41.9 Å². The van der Waals surface area contributed by atoms with E-state index in [1.165, 1.54) is 5.69 Å². The van der Waals surface area contributed by atoms with Crippen molar-refractivity contribution < 1.29 is 0 Å². The van der Waals surface area contributed by atoms with Crippen LogP contribution in [0.3, 0.4) is 0 Å². The van der Waals surface area contributed by atoms with Crippen molar-refractivity contribution in [1.29, 1.82) is 0 Å². The van der Waals surface area contributed by atoms with E-state index in [-0.39, 0.29) is 0 Å². The molecule has 1 aromatic heterocycles. The Morgan fingerprint density at radius 3 is 2.48 bits per heavy atom. The maximum Gasteiger partial charge on any atom is 0.191 e. The number of hydrogen-bond donors (Lipinski definition) is 2. The summed E-state index contributed by atoms with van der Waals surface area (Å²) in [6.45, 7) is 4.81. The lowest BCUT2D eigenvalue weighted by atomic mass is 10.2. The topological polar surface area (TPSA) is 70.4 Å². The van der Waals surface area contributed by atoms with Crippen LogP contribution < -0.4 is 15.5 Å². The van der Waals surface area contributed by atoms with Gasteiger partial charge in [0.05, 0.1) is 13.1 Å². The average molecular weight is 440 g/mol. The van der Waals surface area contributed by atoms with Crippen LogP contribution in [0.15, 0.2) is 59.6 Å². The Labute approximate surface area is 189 Å². The maximum absolute atomic E-state index is 5.98. The second kappa shape index (κ2) is 11.4. The summed E-state index contributed by atoms with van der Waals surface area (Å²) in [5.41, 5.74) is 2.32. The van der Waals surface area contributed by atoms with E-state index in [1.54, 1.807) is 0 Å². The summed E-state index contributed by atoms with van der Waals surface area (Å²) < 4.78 is 1.97. The van der Waals surface area contributed by atoms with Crippen LogP contribution in [0.25, 0.3) is 0 Å². The van der Waals surface area contributed by atoms with Gasteiger partial charge in [-0.25, -0.2) is 4.99 Å². The summed E-state index contributed by atoms with van der Waals surface area (Å²) in [5, 5.41) is 15.9. The van der Waals surface area contributed by atoms with Crippen LogP contribution in [0.1, 0.15) is 23.6 Å². The van der Waals surface area contributed by atoms with E-state index in [0.29, 0.717) is 13.1 Å². The van der Waals surface area contributed by atoms with Gasteiger partial charge >= 0.3 is 0 Å². The Morgan fingerprint density at radius 1 is 1.06 bits per heavy atom. The van der Waals surface area contributed by atoms with Crippen LogP contribution in [0.2, 0.25) is 5.02 Å². The van der Waals surface area contributed by atoms with Crippen LogP contribution in [0.4, 0.5) is 5.69 Å². The van der Waals surface area contributed by atoms with E-state index in [0.717, 1.165) is 47.7 Å². The summed E-state index contributed by atoms with van der Waals surface area (Å²) in [5.74, 6) is 2.49. The van der Waals surface area contributed by atoms with Gasteiger partial charge in [0.2, 0.25) is 0 Å². The number of rotatable bonds is 9. The van der Waals surface area contributed by atoms with Gasteiger partial charge in [0.25, 0.3) is 0 Å². The van der Waals surface area contributed by atoms with Gasteiger partial charge in [-0.3, -0.25) is 0 Å². The summed E-state index contributed by atoms with van der Waals surface area (Å²) >= 11 is 5.98. The van der Waals surface area contributed by atoms with Gasteiger partial charge in [0, 0.05) is 37.9 Å². The smallest absolute Gasteiger partial charge is 0.191 e. The Morgan fingerprint density at radius 2 is 1.81 bits per heavy atom. The summed E-state index contributed by atoms with van der Waals surface area (Å²) in [7, 11) is 4.07. The van der Waals surface area contributed by atoms with Crippen molar-refractivity contribution in [2.75, 3.05) is 25.0 Å². The highest BCUT2D eigenvalue weighted by atomic mass is 35.5. The molecule has 0 atom stereocenters. The molecule has 0 radical (unpaired) electrons. The highest BCUT2D eigenvalue weighted by molar-refractivity contribution is 6.30. The molecule has 0 spiro atoms. The molecule has 0 aliphatic heterocycles. The lowest BCUT2D eigenvalue weighted by Crippen LogP contribution is -2.39. The zero-order valence-corrected chi connectivity index (χ0v) is 19.1. The first-order chi connectivity index (χ1) is 15.0. The van der Waals surface area contributed by atoms with Gasteiger partial charge in [-0.2, -0.15) is 0 Å². The number of aromatic nitrogens is 3. The molecule has 0 unspecified atom stereocenters. The highest BCUT2D eigenvalue weighted by Crippen LogP contribution is 2.11. The molecule has 8 heteroatoms. The molecular formula is C23H30ClN7. The Bertz CT molecular complexity index is 967. The Hall–Kier alpha value is -3.06. The molecule has 164 valence electrons. The number of anilines is 1. The summed E-state index contributed by atoms with van der Waals surface area (Å²) in [4.78, 5) is 6.98. The average Bonchev–Trinajstić information content (AvgIpc) is 3.11. The minimum atomic E-state index is 0.549. The van der Waals surface area contributed by atoms with Crippen molar-refractivity contribution in [3.63, 3.8) is 0 Å². The van der Waals surface area contributed by atoms with Gasteiger partial charge in [0.15, 0.2) is 11.8 Å². The molecule has 0 fully saturated rings. The number of nitrogens with zero attached hydrogens (tertiary/aromatic N) is 5. The van der Waals surface area contributed by atoms with E-state index in [4.69, 9.17) is 16.6 Å². The first-order valence-corrected chi connectivity index (χ1v) is 10.8. The van der Waals surface area contributed by atoms with Crippen LogP contribution >= 0.6 is 11.6 Å². The zero-order chi connectivity index (χ0) is 22.1. The van der Waals surface area contributed by atoms with Crippen molar-refractivity contribution in [3.05, 3.63) is 76.8 Å². The van der Waals surface area contributed by atoms with Gasteiger partial charge < -0.3 is 20.1 Å². The quantitative estimate of drug-likeness (QED) is 0.303. The monoisotopic (exact) mass is 439 g/mol. The molecule has 1 heterocycles. The molecule has 0 saturated carbocycles. The molecule has 2 N–H and O–H groups in total. The fraction of sp³-hybridized carbons (Fsp3) is 0.348. The molecule has 7 nitrogen and oxygen atoms in total. The third-order valence-corrected chi connectivity index (χ3v) is 5.34. The summed E-state index contributed by atoms with van der Waals surface area (Å²) in [6.07, 6.45) is 0.982. The molecule has 3 rings (SSSR count). The molecule has 2 aromatic carbocycles. The first-order valence-electron chi connectivity index (χ1n) is 10.4. The molecule has 0 bridgehead atoms. The van der Waals surface area contributed by atoms with Crippen LogP contribution in [0, 0.1) is 6.92 Å². The van der Waals surface area contributed by atoms with Gasteiger partial charge in [-0.15, -0.1) is 10.2 Å². The number of para-hydroxylation sites is 1. The maximum atomic E-state index is 5.98. The number of aryl methyl sites for hydroxylation is 1. The van der Waals surface area contributed by atoms with E-state index in [9.17, 15) is 0 Å². The van der Waals surface area contributed by atoms with Crippen molar-refractivity contribution >= 4 is 23.2 Å².